The van der Waals surface area contributed by atoms with E-state index in [2.05, 4.69) is 56.8 Å². The number of carbonyl (C=O) groups excluding carboxylic acids is 1. The van der Waals surface area contributed by atoms with Crippen LogP contribution in [0.15, 0.2) is 36.5 Å². The van der Waals surface area contributed by atoms with E-state index >= 15 is 0 Å². The molecule has 4 atom stereocenters. The Morgan fingerprint density at radius 3 is 2.90 bits per heavy atom. The van der Waals surface area contributed by atoms with Crippen LogP contribution >= 0.6 is 0 Å². The molecule has 1 unspecified atom stereocenters. The molecule has 29 heavy (non-hydrogen) atoms. The summed E-state index contributed by atoms with van der Waals surface area (Å²) in [4.78, 5) is 18.3. The van der Waals surface area contributed by atoms with Gasteiger partial charge in [0.1, 0.15) is 5.82 Å². The van der Waals surface area contributed by atoms with E-state index < -0.39 is 5.92 Å². The van der Waals surface area contributed by atoms with Crippen LogP contribution in [0, 0.1) is 5.92 Å². The first kappa shape index (κ1) is 18.1. The van der Waals surface area contributed by atoms with Crippen molar-refractivity contribution in [2.24, 2.45) is 11.7 Å². The van der Waals surface area contributed by atoms with Crippen molar-refractivity contribution >= 4 is 22.6 Å². The van der Waals surface area contributed by atoms with Gasteiger partial charge in [-0.05, 0) is 55.1 Å². The first-order chi connectivity index (χ1) is 14.1. The van der Waals surface area contributed by atoms with E-state index in [-0.39, 0.29) is 11.8 Å². The molecule has 1 saturated heterocycles. The van der Waals surface area contributed by atoms with Crippen molar-refractivity contribution < 1.29 is 4.79 Å². The zero-order valence-corrected chi connectivity index (χ0v) is 16.7. The number of likely N-dealkylation sites (N-methyl/N-ethyl adjacent to an activating group) is 1. The predicted molar refractivity (Wildman–Crippen MR) is 113 cm³/mol. The van der Waals surface area contributed by atoms with Crippen LogP contribution in [0.2, 0.25) is 0 Å². The number of anilines is 1. The first-order valence-electron chi connectivity index (χ1n) is 10.2. The van der Waals surface area contributed by atoms with Gasteiger partial charge in [0.05, 0.1) is 11.6 Å². The van der Waals surface area contributed by atoms with Gasteiger partial charge in [0, 0.05) is 42.7 Å². The number of fused-ring (bicyclic) bond motifs is 2. The number of benzene rings is 1. The summed E-state index contributed by atoms with van der Waals surface area (Å²) >= 11 is 0. The van der Waals surface area contributed by atoms with Gasteiger partial charge >= 0.3 is 0 Å². The summed E-state index contributed by atoms with van der Waals surface area (Å²) in [6.07, 6.45) is 4.10. The van der Waals surface area contributed by atoms with E-state index in [0.717, 1.165) is 19.4 Å². The third kappa shape index (κ3) is 2.88. The van der Waals surface area contributed by atoms with E-state index in [1.807, 2.05) is 12.1 Å². The van der Waals surface area contributed by atoms with Crippen molar-refractivity contribution in [3.8, 4) is 0 Å². The highest BCUT2D eigenvalue weighted by atomic mass is 16.1. The molecule has 7 nitrogen and oxygen atoms in total. The Balaban J connectivity index is 1.52. The van der Waals surface area contributed by atoms with Gasteiger partial charge in [-0.25, -0.2) is 0 Å². The number of aromatic nitrogens is 3. The SMILES string of the molecule is CNc1ccc(C(C(N)=O)[C@@H]2C[C@@H]3c4cccc5[nH]cc(c45)C[C@H]3N(C)C2)nn1. The summed E-state index contributed by atoms with van der Waals surface area (Å²) in [7, 11) is 3.96. The average molecular weight is 390 g/mol. The highest BCUT2D eigenvalue weighted by Gasteiger charge is 2.43. The molecule has 150 valence electrons. The summed E-state index contributed by atoms with van der Waals surface area (Å²) in [6, 6.07) is 10.7. The highest BCUT2D eigenvalue weighted by Crippen LogP contribution is 2.46. The van der Waals surface area contributed by atoms with Crippen LogP contribution < -0.4 is 11.1 Å². The number of nitrogens with two attached hydrogens (primary N) is 1. The number of amides is 1. The number of rotatable bonds is 4. The van der Waals surface area contributed by atoms with Gasteiger partial charge in [0.2, 0.25) is 5.91 Å². The molecule has 4 N–H and O–H groups in total. The second kappa shape index (κ2) is 6.84. The van der Waals surface area contributed by atoms with Crippen LogP contribution in [0.3, 0.4) is 0 Å². The number of nitrogens with zero attached hydrogens (tertiary/aromatic N) is 3. The molecular formula is C22H26N6O. The van der Waals surface area contributed by atoms with Gasteiger partial charge in [-0.15, -0.1) is 5.10 Å². The van der Waals surface area contributed by atoms with Gasteiger partial charge in [-0.3, -0.25) is 4.79 Å². The van der Waals surface area contributed by atoms with Crippen molar-refractivity contribution in [3.05, 3.63) is 53.3 Å². The van der Waals surface area contributed by atoms with Crippen LogP contribution in [0.5, 0.6) is 0 Å². The fraction of sp³-hybridized carbons (Fsp3) is 0.409. The second-order valence-electron chi connectivity index (χ2n) is 8.37. The smallest absolute Gasteiger partial charge is 0.226 e. The Labute approximate surface area is 169 Å². The Bertz CT molecular complexity index is 1060. The molecule has 1 fully saturated rings. The number of piperidine rings is 1. The number of primary amides is 1. The molecule has 1 aromatic carbocycles. The summed E-state index contributed by atoms with van der Waals surface area (Å²) in [6.45, 7) is 0.819. The second-order valence-corrected chi connectivity index (χ2v) is 8.37. The van der Waals surface area contributed by atoms with Crippen LogP contribution in [0.25, 0.3) is 10.9 Å². The molecule has 3 aromatic rings. The summed E-state index contributed by atoms with van der Waals surface area (Å²) in [5, 5.41) is 12.8. The Morgan fingerprint density at radius 2 is 2.17 bits per heavy atom. The lowest BCUT2D eigenvalue weighted by molar-refractivity contribution is -0.121. The molecule has 1 amide bonds. The molecule has 1 aliphatic carbocycles. The number of nitrogens with one attached hydrogen (secondary N) is 2. The summed E-state index contributed by atoms with van der Waals surface area (Å²) < 4.78 is 0. The number of H-pyrrole nitrogens is 1. The molecule has 0 bridgehead atoms. The van der Waals surface area contributed by atoms with Crippen molar-refractivity contribution in [1.29, 1.82) is 0 Å². The van der Waals surface area contributed by atoms with E-state index in [9.17, 15) is 4.79 Å². The van der Waals surface area contributed by atoms with E-state index in [1.54, 1.807) is 7.05 Å². The first-order valence-corrected chi connectivity index (χ1v) is 10.2. The van der Waals surface area contributed by atoms with Gasteiger partial charge in [0.25, 0.3) is 0 Å². The van der Waals surface area contributed by atoms with E-state index in [4.69, 9.17) is 5.73 Å². The Hall–Kier alpha value is -2.93. The van der Waals surface area contributed by atoms with Crippen LogP contribution in [0.4, 0.5) is 5.82 Å². The minimum atomic E-state index is -0.441. The standard InChI is InChI=1S/C22H26N6O/c1-24-19-7-6-17(26-27-19)21(22(23)29)13-8-15-14-4-3-5-16-20(14)12(10-25-16)9-18(15)28(2)11-13/h3-7,10,13,15,18,21,25H,8-9,11H2,1-2H3,(H2,23,29)(H,24,27)/t13-,15-,18-,21?/m1/s1. The van der Waals surface area contributed by atoms with Crippen molar-refractivity contribution in [1.82, 2.24) is 20.1 Å². The lowest BCUT2D eigenvalue weighted by Gasteiger charge is -2.46. The maximum absolute atomic E-state index is 12.5. The van der Waals surface area contributed by atoms with E-state index in [0.29, 0.717) is 23.5 Å². The normalized spacial score (nSPS) is 24.8. The Morgan fingerprint density at radius 1 is 1.31 bits per heavy atom. The minimum absolute atomic E-state index is 0.101. The zero-order valence-electron chi connectivity index (χ0n) is 16.7. The molecule has 3 heterocycles. The molecular weight excluding hydrogens is 364 g/mol. The van der Waals surface area contributed by atoms with Crippen LogP contribution in [0.1, 0.15) is 35.1 Å². The minimum Gasteiger partial charge on any atom is -0.372 e. The van der Waals surface area contributed by atoms with Crippen LogP contribution in [-0.4, -0.2) is 52.7 Å². The molecule has 0 saturated carbocycles. The Kier molecular flexibility index (Phi) is 4.28. The molecule has 5 rings (SSSR count). The zero-order chi connectivity index (χ0) is 20.1. The molecule has 1 aliphatic heterocycles. The quantitative estimate of drug-likeness (QED) is 0.634. The van der Waals surface area contributed by atoms with Crippen molar-refractivity contribution in [2.45, 2.75) is 30.7 Å². The predicted octanol–water partition coefficient (Wildman–Crippen LogP) is 2.23. The maximum Gasteiger partial charge on any atom is 0.226 e. The van der Waals surface area contributed by atoms with Gasteiger partial charge in [0.15, 0.2) is 0 Å². The van der Waals surface area contributed by atoms with Crippen molar-refractivity contribution in [2.75, 3.05) is 26.0 Å². The number of likely N-dealkylation sites (tertiary alicyclic amines) is 1. The number of hydrogen-bond donors (Lipinski definition) is 3. The fourth-order valence-electron chi connectivity index (χ4n) is 5.49. The van der Waals surface area contributed by atoms with Gasteiger partial charge in [-0.2, -0.15) is 5.10 Å². The number of carbonyl (C=O) groups is 1. The van der Waals surface area contributed by atoms with Crippen molar-refractivity contribution in [3.63, 3.8) is 0 Å². The average Bonchev–Trinajstić information content (AvgIpc) is 3.14. The number of aromatic amines is 1. The topological polar surface area (TPSA) is 99.9 Å². The van der Waals surface area contributed by atoms with E-state index in [1.165, 1.54) is 22.0 Å². The summed E-state index contributed by atoms with van der Waals surface area (Å²) in [5.41, 5.74) is 10.5. The molecule has 0 spiro atoms. The number of hydrogen-bond acceptors (Lipinski definition) is 5. The molecule has 2 aromatic heterocycles. The lowest BCUT2D eigenvalue weighted by Crippen LogP contribution is -2.50. The monoisotopic (exact) mass is 390 g/mol. The molecule has 2 aliphatic rings. The molecule has 7 heteroatoms. The lowest BCUT2D eigenvalue weighted by atomic mass is 9.69. The third-order valence-electron chi connectivity index (χ3n) is 6.80. The largest absolute Gasteiger partial charge is 0.372 e. The van der Waals surface area contributed by atoms with Gasteiger partial charge < -0.3 is 20.9 Å². The van der Waals surface area contributed by atoms with Crippen LogP contribution in [-0.2, 0) is 11.2 Å². The highest BCUT2D eigenvalue weighted by molar-refractivity contribution is 5.88. The summed E-state index contributed by atoms with van der Waals surface area (Å²) in [5.74, 6) is 0.381. The fourth-order valence-corrected chi connectivity index (χ4v) is 5.49. The van der Waals surface area contributed by atoms with Gasteiger partial charge in [-0.1, -0.05) is 12.1 Å². The third-order valence-corrected chi connectivity index (χ3v) is 6.80. The molecule has 0 radical (unpaired) electrons. The maximum atomic E-state index is 12.5.